The van der Waals surface area contributed by atoms with Gasteiger partial charge in [-0.2, -0.15) is 0 Å². The summed E-state index contributed by atoms with van der Waals surface area (Å²) in [5.41, 5.74) is 0.647. The number of carbonyl (C=O) groups is 2. The van der Waals surface area contributed by atoms with Crippen molar-refractivity contribution in [2.24, 2.45) is 0 Å². The second-order valence-corrected chi connectivity index (χ2v) is 7.21. The molecule has 0 aliphatic carbocycles. The summed E-state index contributed by atoms with van der Waals surface area (Å²) in [6.45, 7) is 4.25. The van der Waals surface area contributed by atoms with Gasteiger partial charge in [-0.15, -0.1) is 0 Å². The Balaban J connectivity index is 3.09. The molecule has 3 N–H and O–H groups in total. The molecule has 0 radical (unpaired) electrons. The highest BCUT2D eigenvalue weighted by atomic mass is 16.4. The third-order valence-electron chi connectivity index (χ3n) is 5.02. The molecule has 0 bridgehead atoms. The van der Waals surface area contributed by atoms with Crippen molar-refractivity contribution in [1.29, 1.82) is 0 Å². The van der Waals surface area contributed by atoms with Gasteiger partial charge in [0.05, 0.1) is 11.1 Å². The van der Waals surface area contributed by atoms with E-state index in [2.05, 4.69) is 13.8 Å². The molecule has 5 nitrogen and oxygen atoms in total. The van der Waals surface area contributed by atoms with Crippen LogP contribution in [0.5, 0.6) is 5.75 Å². The maximum absolute atomic E-state index is 11.9. The van der Waals surface area contributed by atoms with Crippen molar-refractivity contribution in [3.63, 3.8) is 0 Å². The second-order valence-electron chi connectivity index (χ2n) is 7.21. The van der Waals surface area contributed by atoms with Gasteiger partial charge in [-0.05, 0) is 37.3 Å². The number of phenolic OH excluding ortho intramolecular Hbond substituents is 1. The SMILES string of the molecule is CCCCCCCc1c(O)cc(C(=O)O)c(CCCCCCC)c1C(=O)O. The Morgan fingerprint density at radius 1 is 0.741 bits per heavy atom. The van der Waals surface area contributed by atoms with Gasteiger partial charge in [-0.1, -0.05) is 65.2 Å². The Morgan fingerprint density at radius 3 is 1.67 bits per heavy atom. The number of carboxylic acid groups (broad SMARTS) is 2. The van der Waals surface area contributed by atoms with Gasteiger partial charge in [0.1, 0.15) is 5.75 Å². The maximum atomic E-state index is 11.9. The Morgan fingerprint density at radius 2 is 1.22 bits per heavy atom. The van der Waals surface area contributed by atoms with Crippen molar-refractivity contribution in [2.45, 2.75) is 90.9 Å². The summed E-state index contributed by atoms with van der Waals surface area (Å²) in [4.78, 5) is 23.6. The van der Waals surface area contributed by atoms with Crippen molar-refractivity contribution in [2.75, 3.05) is 0 Å². The van der Waals surface area contributed by atoms with E-state index in [4.69, 9.17) is 0 Å². The Labute approximate surface area is 162 Å². The van der Waals surface area contributed by atoms with Crippen LogP contribution in [0.25, 0.3) is 0 Å². The minimum atomic E-state index is -1.19. The molecule has 0 aromatic heterocycles. The number of hydrogen-bond donors (Lipinski definition) is 3. The van der Waals surface area contributed by atoms with Crippen molar-refractivity contribution in [3.05, 3.63) is 28.3 Å². The summed E-state index contributed by atoms with van der Waals surface area (Å²) < 4.78 is 0. The third-order valence-corrected chi connectivity index (χ3v) is 5.02. The molecule has 0 saturated heterocycles. The first-order valence-corrected chi connectivity index (χ1v) is 10.3. The molecule has 0 heterocycles. The van der Waals surface area contributed by atoms with E-state index < -0.39 is 11.9 Å². The fourth-order valence-corrected chi connectivity index (χ4v) is 3.53. The number of aromatic carboxylic acids is 2. The fraction of sp³-hybridized carbons (Fsp3) is 0.636. The predicted octanol–water partition coefficient (Wildman–Crippen LogP) is 5.81. The lowest BCUT2D eigenvalue weighted by Crippen LogP contribution is -2.14. The van der Waals surface area contributed by atoms with Crippen LogP contribution >= 0.6 is 0 Å². The lowest BCUT2D eigenvalue weighted by Gasteiger charge is -2.16. The van der Waals surface area contributed by atoms with E-state index in [-0.39, 0.29) is 16.9 Å². The van der Waals surface area contributed by atoms with Crippen molar-refractivity contribution in [3.8, 4) is 5.75 Å². The third kappa shape index (κ3) is 7.24. The molecule has 0 spiro atoms. The Bertz CT molecular complexity index is 622. The van der Waals surface area contributed by atoms with Crippen molar-refractivity contribution in [1.82, 2.24) is 0 Å². The first-order valence-electron chi connectivity index (χ1n) is 10.3. The normalized spacial score (nSPS) is 10.9. The number of carboxylic acids is 2. The first kappa shape index (κ1) is 23.0. The number of benzene rings is 1. The molecular weight excluding hydrogens is 344 g/mol. The predicted molar refractivity (Wildman–Crippen MR) is 107 cm³/mol. The average molecular weight is 379 g/mol. The zero-order valence-electron chi connectivity index (χ0n) is 16.7. The molecule has 1 rings (SSSR count). The van der Waals surface area contributed by atoms with E-state index in [9.17, 15) is 24.9 Å². The monoisotopic (exact) mass is 378 g/mol. The summed E-state index contributed by atoms with van der Waals surface area (Å²) in [5, 5.41) is 29.6. The molecular formula is C22H34O5. The van der Waals surface area contributed by atoms with E-state index in [1.807, 2.05) is 0 Å². The van der Waals surface area contributed by atoms with Crippen LogP contribution in [0.1, 0.15) is 110 Å². The molecule has 0 aliphatic rings. The van der Waals surface area contributed by atoms with Crippen molar-refractivity contribution >= 4 is 11.9 Å². The van der Waals surface area contributed by atoms with Crippen LogP contribution in [0.3, 0.4) is 0 Å². The summed E-state index contributed by atoms with van der Waals surface area (Å²) >= 11 is 0. The van der Waals surface area contributed by atoms with Gasteiger partial charge in [-0.25, -0.2) is 9.59 Å². The summed E-state index contributed by atoms with van der Waals surface area (Å²) in [6.07, 6.45) is 11.0. The number of hydrogen-bond acceptors (Lipinski definition) is 3. The standard InChI is InChI=1S/C22H34O5/c1-3-5-7-9-11-13-16-18(21(24)25)15-19(23)17(20(16)22(26)27)14-12-10-8-6-4-2/h15,23H,3-14H2,1-2H3,(H,24,25)(H,26,27). The van der Waals surface area contributed by atoms with Crippen LogP contribution in [0, 0.1) is 0 Å². The van der Waals surface area contributed by atoms with E-state index in [0.29, 0.717) is 24.0 Å². The zero-order valence-corrected chi connectivity index (χ0v) is 16.7. The summed E-state index contributed by atoms with van der Waals surface area (Å²) in [7, 11) is 0. The van der Waals surface area contributed by atoms with Crippen LogP contribution in [-0.2, 0) is 12.8 Å². The van der Waals surface area contributed by atoms with Gasteiger partial charge in [0, 0.05) is 5.56 Å². The topological polar surface area (TPSA) is 94.8 Å². The molecule has 0 fully saturated rings. The maximum Gasteiger partial charge on any atom is 0.336 e. The van der Waals surface area contributed by atoms with E-state index in [0.717, 1.165) is 64.2 Å². The lowest BCUT2D eigenvalue weighted by molar-refractivity contribution is 0.0693. The molecule has 27 heavy (non-hydrogen) atoms. The van der Waals surface area contributed by atoms with Crippen molar-refractivity contribution < 1.29 is 24.9 Å². The van der Waals surface area contributed by atoms with Crippen LogP contribution in [0.4, 0.5) is 0 Å². The highest BCUT2D eigenvalue weighted by molar-refractivity contribution is 5.98. The molecule has 0 amide bonds. The van der Waals surface area contributed by atoms with E-state index in [1.54, 1.807) is 0 Å². The average Bonchev–Trinajstić information content (AvgIpc) is 2.62. The molecule has 0 atom stereocenters. The Kier molecular flexibility index (Phi) is 10.5. The summed E-state index contributed by atoms with van der Waals surface area (Å²) in [5.74, 6) is -2.55. The fourth-order valence-electron chi connectivity index (χ4n) is 3.53. The molecule has 0 unspecified atom stereocenters. The number of unbranched alkanes of at least 4 members (excludes halogenated alkanes) is 8. The van der Waals surface area contributed by atoms with Crippen LogP contribution < -0.4 is 0 Å². The highest BCUT2D eigenvalue weighted by Crippen LogP contribution is 2.31. The van der Waals surface area contributed by atoms with Crippen LogP contribution in [0.15, 0.2) is 6.07 Å². The minimum absolute atomic E-state index is 0.00150. The van der Waals surface area contributed by atoms with E-state index >= 15 is 0 Å². The second kappa shape index (κ2) is 12.4. The molecule has 0 aliphatic heterocycles. The van der Waals surface area contributed by atoms with E-state index in [1.165, 1.54) is 6.07 Å². The highest BCUT2D eigenvalue weighted by Gasteiger charge is 2.25. The molecule has 1 aromatic carbocycles. The largest absolute Gasteiger partial charge is 0.508 e. The van der Waals surface area contributed by atoms with Gasteiger partial charge in [0.25, 0.3) is 0 Å². The number of phenols is 1. The minimum Gasteiger partial charge on any atom is -0.508 e. The Hall–Kier alpha value is -2.04. The van der Waals surface area contributed by atoms with Crippen LogP contribution in [0.2, 0.25) is 0 Å². The van der Waals surface area contributed by atoms with Crippen LogP contribution in [-0.4, -0.2) is 27.3 Å². The van der Waals surface area contributed by atoms with Gasteiger partial charge < -0.3 is 15.3 Å². The van der Waals surface area contributed by atoms with Gasteiger partial charge >= 0.3 is 11.9 Å². The number of rotatable bonds is 14. The number of aromatic hydroxyl groups is 1. The first-order chi connectivity index (χ1) is 12.9. The molecule has 5 heteroatoms. The lowest BCUT2D eigenvalue weighted by atomic mass is 9.89. The zero-order chi connectivity index (χ0) is 20.2. The smallest absolute Gasteiger partial charge is 0.336 e. The van der Waals surface area contributed by atoms with Gasteiger partial charge in [0.15, 0.2) is 0 Å². The summed E-state index contributed by atoms with van der Waals surface area (Å²) in [6, 6.07) is 1.23. The molecule has 1 aromatic rings. The van der Waals surface area contributed by atoms with Gasteiger partial charge in [0.2, 0.25) is 0 Å². The molecule has 0 saturated carbocycles. The quantitative estimate of drug-likeness (QED) is 0.355. The molecule has 152 valence electrons. The van der Waals surface area contributed by atoms with Gasteiger partial charge in [-0.3, -0.25) is 0 Å².